The van der Waals surface area contributed by atoms with Crippen LogP contribution in [0.5, 0.6) is 0 Å². The summed E-state index contributed by atoms with van der Waals surface area (Å²) >= 11 is 1.63. The third kappa shape index (κ3) is 8.18. The first kappa shape index (κ1) is 22.4. The van der Waals surface area contributed by atoms with Gasteiger partial charge < -0.3 is 15.4 Å². The predicted molar refractivity (Wildman–Crippen MR) is 121 cm³/mol. The third-order valence-electron chi connectivity index (χ3n) is 4.48. The van der Waals surface area contributed by atoms with E-state index in [-0.39, 0.29) is 12.5 Å². The Morgan fingerprint density at radius 2 is 1.74 bits per heavy atom. The normalized spacial score (nSPS) is 10.5. The van der Waals surface area contributed by atoms with E-state index in [1.807, 2.05) is 47.8 Å². The van der Waals surface area contributed by atoms with Crippen LogP contribution in [0.4, 0.5) is 4.79 Å². The van der Waals surface area contributed by atoms with E-state index in [4.69, 9.17) is 4.74 Å². The second kappa shape index (κ2) is 12.4. The highest BCUT2D eigenvalue weighted by Gasteiger charge is 2.06. The number of benzene rings is 1. The van der Waals surface area contributed by atoms with E-state index in [9.17, 15) is 9.59 Å². The summed E-state index contributed by atoms with van der Waals surface area (Å²) in [6.07, 6.45) is 5.62. The number of pyridine rings is 1. The highest BCUT2D eigenvalue weighted by atomic mass is 32.1. The molecule has 3 aromatic rings. The average molecular weight is 439 g/mol. The van der Waals surface area contributed by atoms with Gasteiger partial charge in [0.05, 0.1) is 10.7 Å². The largest absolute Gasteiger partial charge is 0.445 e. The van der Waals surface area contributed by atoms with Crippen LogP contribution in [-0.4, -0.2) is 35.1 Å². The van der Waals surface area contributed by atoms with Gasteiger partial charge in [0.15, 0.2) is 0 Å². The minimum Gasteiger partial charge on any atom is -0.445 e. The Hall–Kier alpha value is -3.26. The Labute approximate surface area is 185 Å². The van der Waals surface area contributed by atoms with Crippen LogP contribution < -0.4 is 10.6 Å². The summed E-state index contributed by atoms with van der Waals surface area (Å²) in [7, 11) is 0. The second-order valence-corrected chi connectivity index (χ2v) is 7.85. The maximum atomic E-state index is 11.9. The number of hydrogen-bond acceptors (Lipinski definition) is 6. The number of amides is 2. The molecule has 0 fully saturated rings. The zero-order valence-corrected chi connectivity index (χ0v) is 18.1. The second-order valence-electron chi connectivity index (χ2n) is 6.91. The summed E-state index contributed by atoms with van der Waals surface area (Å²) in [5.41, 5.74) is 2.95. The number of aryl methyl sites for hydroxylation is 1. The number of carbonyl (C=O) groups excluding carboxylic acids is 2. The molecule has 0 saturated heterocycles. The van der Waals surface area contributed by atoms with Gasteiger partial charge in [-0.1, -0.05) is 30.3 Å². The number of ether oxygens (including phenoxy) is 1. The van der Waals surface area contributed by atoms with Gasteiger partial charge in [-0.05, 0) is 30.5 Å². The van der Waals surface area contributed by atoms with Crippen molar-refractivity contribution >= 4 is 23.3 Å². The van der Waals surface area contributed by atoms with Crippen LogP contribution in [0.1, 0.15) is 29.8 Å². The maximum absolute atomic E-state index is 11.9. The number of nitrogens with one attached hydrogen (secondary N) is 2. The smallest absolute Gasteiger partial charge is 0.407 e. The van der Waals surface area contributed by atoms with Gasteiger partial charge in [-0.3, -0.25) is 9.78 Å². The molecule has 2 amide bonds. The first-order chi connectivity index (χ1) is 15.2. The number of hydrogen-bond donors (Lipinski definition) is 2. The fraction of sp³-hybridized carbons (Fsp3) is 0.304. The lowest BCUT2D eigenvalue weighted by Crippen LogP contribution is -2.28. The zero-order valence-electron chi connectivity index (χ0n) is 17.3. The minimum atomic E-state index is -0.473. The molecule has 0 bridgehead atoms. The Kier molecular flexibility index (Phi) is 9.00. The molecule has 162 valence electrons. The van der Waals surface area contributed by atoms with Crippen molar-refractivity contribution in [3.63, 3.8) is 0 Å². The Morgan fingerprint density at radius 3 is 2.55 bits per heavy atom. The molecule has 31 heavy (non-hydrogen) atoms. The minimum absolute atomic E-state index is 0.0175. The van der Waals surface area contributed by atoms with Crippen molar-refractivity contribution in [2.24, 2.45) is 0 Å². The molecule has 0 atom stereocenters. The van der Waals surface area contributed by atoms with Crippen molar-refractivity contribution in [1.82, 2.24) is 20.6 Å². The van der Waals surface area contributed by atoms with Gasteiger partial charge in [-0.25, -0.2) is 9.78 Å². The molecule has 0 aliphatic carbocycles. The lowest BCUT2D eigenvalue weighted by atomic mass is 10.2. The molecule has 0 spiro atoms. The quantitative estimate of drug-likeness (QED) is 0.442. The molecule has 2 heterocycles. The SMILES string of the molecule is O=C(CCCNC(=O)OCc1ccccc1)NCCCc1nc(-c2ccncc2)cs1. The summed E-state index contributed by atoms with van der Waals surface area (Å²) in [6.45, 7) is 1.24. The first-order valence-electron chi connectivity index (χ1n) is 10.3. The van der Waals surface area contributed by atoms with Gasteiger partial charge in [0, 0.05) is 49.3 Å². The van der Waals surface area contributed by atoms with Crippen molar-refractivity contribution in [2.75, 3.05) is 13.1 Å². The van der Waals surface area contributed by atoms with E-state index in [0.29, 0.717) is 25.9 Å². The van der Waals surface area contributed by atoms with Gasteiger partial charge in [0.1, 0.15) is 6.61 Å². The lowest BCUT2D eigenvalue weighted by molar-refractivity contribution is -0.121. The van der Waals surface area contributed by atoms with Crippen molar-refractivity contribution in [2.45, 2.75) is 32.3 Å². The van der Waals surface area contributed by atoms with E-state index < -0.39 is 6.09 Å². The standard InChI is InChI=1S/C23H26N4O3S/c28-21(8-4-13-26-23(29)30-16-18-6-2-1-3-7-18)25-12-5-9-22-27-20(17-31-22)19-10-14-24-15-11-19/h1-3,6-7,10-11,14-15,17H,4-5,8-9,12-13,16H2,(H,25,28)(H,26,29). The van der Waals surface area contributed by atoms with Crippen molar-refractivity contribution in [3.05, 3.63) is 70.8 Å². The molecule has 0 radical (unpaired) electrons. The summed E-state index contributed by atoms with van der Waals surface area (Å²) < 4.78 is 5.13. The molecule has 2 aromatic heterocycles. The van der Waals surface area contributed by atoms with Gasteiger partial charge in [0.25, 0.3) is 0 Å². The molecule has 2 N–H and O–H groups in total. The van der Waals surface area contributed by atoms with Crippen molar-refractivity contribution in [3.8, 4) is 11.3 Å². The van der Waals surface area contributed by atoms with Gasteiger partial charge in [-0.15, -0.1) is 11.3 Å². The highest BCUT2D eigenvalue weighted by molar-refractivity contribution is 7.09. The van der Waals surface area contributed by atoms with Gasteiger partial charge in [0.2, 0.25) is 5.91 Å². The van der Waals surface area contributed by atoms with Gasteiger partial charge >= 0.3 is 6.09 Å². The van der Waals surface area contributed by atoms with Crippen molar-refractivity contribution < 1.29 is 14.3 Å². The molecule has 3 rings (SSSR count). The number of carbonyl (C=O) groups is 2. The topological polar surface area (TPSA) is 93.2 Å². The van der Waals surface area contributed by atoms with E-state index in [1.165, 1.54) is 0 Å². The Morgan fingerprint density at radius 1 is 0.968 bits per heavy atom. The van der Waals surface area contributed by atoms with Gasteiger partial charge in [-0.2, -0.15) is 0 Å². The van der Waals surface area contributed by atoms with E-state index >= 15 is 0 Å². The molecular weight excluding hydrogens is 412 g/mol. The van der Waals surface area contributed by atoms with Crippen LogP contribution in [-0.2, 0) is 22.6 Å². The summed E-state index contributed by atoms with van der Waals surface area (Å²) in [5.74, 6) is -0.0175. The molecule has 0 unspecified atom stereocenters. The number of alkyl carbamates (subject to hydrolysis) is 1. The summed E-state index contributed by atoms with van der Waals surface area (Å²) in [4.78, 5) is 32.2. The van der Waals surface area contributed by atoms with E-state index in [1.54, 1.807) is 23.7 Å². The molecule has 0 aliphatic rings. The third-order valence-corrected chi connectivity index (χ3v) is 5.39. The Bertz CT molecular complexity index is 948. The van der Waals surface area contributed by atoms with Crippen LogP contribution in [0.15, 0.2) is 60.2 Å². The van der Waals surface area contributed by atoms with E-state index in [2.05, 4.69) is 20.6 Å². The predicted octanol–water partition coefficient (Wildman–Crippen LogP) is 3.96. The molecule has 1 aromatic carbocycles. The fourth-order valence-corrected chi connectivity index (χ4v) is 3.70. The number of rotatable bonds is 11. The number of aromatic nitrogens is 2. The summed E-state index contributed by atoms with van der Waals surface area (Å²) in [5, 5.41) is 8.67. The summed E-state index contributed by atoms with van der Waals surface area (Å²) in [6, 6.07) is 13.4. The first-order valence-corrected chi connectivity index (χ1v) is 11.1. The average Bonchev–Trinajstić information content (AvgIpc) is 3.28. The molecule has 7 nitrogen and oxygen atoms in total. The Balaban J connectivity index is 1.22. The van der Waals surface area contributed by atoms with E-state index in [0.717, 1.165) is 34.7 Å². The maximum Gasteiger partial charge on any atom is 0.407 e. The van der Waals surface area contributed by atoms with Crippen LogP contribution in [0, 0.1) is 0 Å². The zero-order chi connectivity index (χ0) is 21.7. The molecule has 0 aliphatic heterocycles. The number of nitrogens with zero attached hydrogens (tertiary/aromatic N) is 2. The van der Waals surface area contributed by atoms with Crippen molar-refractivity contribution in [1.29, 1.82) is 0 Å². The number of thiazole rings is 1. The monoisotopic (exact) mass is 438 g/mol. The lowest BCUT2D eigenvalue weighted by Gasteiger charge is -2.07. The molecular formula is C23H26N4O3S. The van der Waals surface area contributed by atoms with Crippen LogP contribution in [0.2, 0.25) is 0 Å². The molecule has 8 heteroatoms. The van der Waals surface area contributed by atoms with Crippen LogP contribution in [0.3, 0.4) is 0 Å². The molecule has 0 saturated carbocycles. The van der Waals surface area contributed by atoms with Crippen LogP contribution in [0.25, 0.3) is 11.3 Å². The fourth-order valence-electron chi connectivity index (χ4n) is 2.85. The highest BCUT2D eigenvalue weighted by Crippen LogP contribution is 2.21. The van der Waals surface area contributed by atoms with Crippen LogP contribution >= 0.6 is 11.3 Å².